The van der Waals surface area contributed by atoms with Crippen LogP contribution in [0.2, 0.25) is 0 Å². The van der Waals surface area contributed by atoms with E-state index in [9.17, 15) is 13.5 Å². The molecular weight excluding hydrogens is 584 g/mol. The van der Waals surface area contributed by atoms with Gasteiger partial charge in [0.2, 0.25) is 10.0 Å². The minimum atomic E-state index is -3.63. The van der Waals surface area contributed by atoms with Crippen molar-refractivity contribution in [2.45, 2.75) is 62.7 Å². The Bertz CT molecular complexity index is 1640. The van der Waals surface area contributed by atoms with E-state index in [-0.39, 0.29) is 36.2 Å². The van der Waals surface area contributed by atoms with Crippen molar-refractivity contribution in [3.8, 4) is 11.1 Å². The Morgan fingerprint density at radius 2 is 1.47 bits per heavy atom. The van der Waals surface area contributed by atoms with Gasteiger partial charge in [0, 0.05) is 24.6 Å². The molecule has 0 unspecified atom stereocenters. The lowest BCUT2D eigenvalue weighted by molar-refractivity contribution is -0.276. The predicted molar refractivity (Wildman–Crippen MR) is 176 cm³/mol. The van der Waals surface area contributed by atoms with Gasteiger partial charge in [-0.05, 0) is 65.9 Å². The zero-order valence-corrected chi connectivity index (χ0v) is 26.5. The summed E-state index contributed by atoms with van der Waals surface area (Å²) in [6, 6.07) is 32.5. The summed E-state index contributed by atoms with van der Waals surface area (Å²) in [5.74, 6) is 0.147. The maximum atomic E-state index is 12.9. The Morgan fingerprint density at radius 1 is 0.800 bits per heavy atom. The highest BCUT2D eigenvalue weighted by atomic mass is 32.2. The molecule has 0 amide bonds. The van der Waals surface area contributed by atoms with Gasteiger partial charge in [-0.25, -0.2) is 13.1 Å². The molecule has 7 nitrogen and oxygen atoms in total. The lowest BCUT2D eigenvalue weighted by Crippen LogP contribution is -2.45. The molecule has 4 aromatic carbocycles. The van der Waals surface area contributed by atoms with Crippen molar-refractivity contribution in [3.05, 3.63) is 125 Å². The molecule has 236 valence electrons. The number of sulfonamides is 1. The molecule has 8 heteroatoms. The number of ether oxygens (including phenoxy) is 2. The van der Waals surface area contributed by atoms with Crippen LogP contribution in [-0.2, 0) is 32.6 Å². The fourth-order valence-corrected chi connectivity index (χ4v) is 7.38. The average Bonchev–Trinajstić information content (AvgIpc) is 3.09. The summed E-state index contributed by atoms with van der Waals surface area (Å²) in [4.78, 5) is 2.76. The predicted octanol–water partition coefficient (Wildman–Crippen LogP) is 6.60. The SMILES string of the molecule is C[C@H]1[C@@H](CN2CCCCC2)O[C@@H](c2ccc(-c3ccccc3CNS(=O)(=O)c3ccccc3)cc2)O[C@H]1c1ccc(CO)cc1. The molecule has 2 aliphatic rings. The van der Waals surface area contributed by atoms with Crippen molar-refractivity contribution in [2.24, 2.45) is 5.92 Å². The van der Waals surface area contributed by atoms with Crippen LogP contribution in [0.5, 0.6) is 0 Å². The summed E-state index contributed by atoms with van der Waals surface area (Å²) in [7, 11) is -3.63. The van der Waals surface area contributed by atoms with Gasteiger partial charge in [-0.2, -0.15) is 0 Å². The number of nitrogens with one attached hydrogen (secondary N) is 1. The van der Waals surface area contributed by atoms with Crippen LogP contribution in [0.4, 0.5) is 0 Å². The van der Waals surface area contributed by atoms with Crippen LogP contribution in [-0.4, -0.2) is 44.2 Å². The van der Waals surface area contributed by atoms with Crippen LogP contribution in [0.25, 0.3) is 11.1 Å². The number of hydrogen-bond donors (Lipinski definition) is 2. The minimum absolute atomic E-state index is 0.00223. The summed E-state index contributed by atoms with van der Waals surface area (Å²) in [5.41, 5.74) is 5.73. The number of benzene rings is 4. The third-order valence-corrected chi connectivity index (χ3v) is 10.4. The van der Waals surface area contributed by atoms with Gasteiger partial charge in [0.05, 0.1) is 23.7 Å². The van der Waals surface area contributed by atoms with Gasteiger partial charge in [0.1, 0.15) is 0 Å². The fraction of sp³-hybridized carbons (Fsp3) is 0.351. The highest BCUT2D eigenvalue weighted by Crippen LogP contribution is 2.42. The molecule has 4 aromatic rings. The van der Waals surface area contributed by atoms with Gasteiger partial charge in [0.15, 0.2) is 6.29 Å². The molecule has 4 atom stereocenters. The number of nitrogens with zero attached hydrogens (tertiary/aromatic N) is 1. The van der Waals surface area contributed by atoms with E-state index in [1.54, 1.807) is 30.3 Å². The Kier molecular flexibility index (Phi) is 10.1. The molecule has 0 radical (unpaired) electrons. The van der Waals surface area contributed by atoms with Gasteiger partial charge < -0.3 is 19.5 Å². The smallest absolute Gasteiger partial charge is 0.240 e. The summed E-state index contributed by atoms with van der Waals surface area (Å²) < 4.78 is 41.8. The molecule has 2 fully saturated rings. The Morgan fingerprint density at radius 3 is 2.18 bits per heavy atom. The van der Waals surface area contributed by atoms with E-state index in [1.807, 2.05) is 48.5 Å². The van der Waals surface area contributed by atoms with Crippen molar-refractivity contribution in [2.75, 3.05) is 19.6 Å². The molecule has 0 aromatic heterocycles. The largest absolute Gasteiger partial charge is 0.392 e. The first kappa shape index (κ1) is 31.6. The zero-order chi connectivity index (χ0) is 31.2. The van der Waals surface area contributed by atoms with E-state index in [1.165, 1.54) is 19.3 Å². The van der Waals surface area contributed by atoms with Crippen molar-refractivity contribution in [3.63, 3.8) is 0 Å². The van der Waals surface area contributed by atoms with Crippen molar-refractivity contribution in [1.82, 2.24) is 9.62 Å². The van der Waals surface area contributed by atoms with Crippen LogP contribution in [0.15, 0.2) is 108 Å². The summed E-state index contributed by atoms with van der Waals surface area (Å²) in [5, 5.41) is 9.55. The molecule has 2 aliphatic heterocycles. The Hall–Kier alpha value is -3.37. The molecule has 6 rings (SSSR count). The summed E-state index contributed by atoms with van der Waals surface area (Å²) in [6.45, 7) is 5.47. The van der Waals surface area contributed by atoms with E-state index in [0.29, 0.717) is 0 Å². The third-order valence-electron chi connectivity index (χ3n) is 9.03. The number of piperidine rings is 1. The van der Waals surface area contributed by atoms with Crippen LogP contribution in [0.1, 0.15) is 60.8 Å². The molecule has 2 saturated heterocycles. The maximum Gasteiger partial charge on any atom is 0.240 e. The van der Waals surface area contributed by atoms with E-state index >= 15 is 0 Å². The Labute approximate surface area is 266 Å². The number of aliphatic hydroxyl groups excluding tert-OH is 1. The van der Waals surface area contributed by atoms with Crippen LogP contribution in [0.3, 0.4) is 0 Å². The second kappa shape index (κ2) is 14.4. The molecule has 2 heterocycles. The van der Waals surface area contributed by atoms with Crippen molar-refractivity contribution >= 4 is 10.0 Å². The molecule has 45 heavy (non-hydrogen) atoms. The quantitative estimate of drug-likeness (QED) is 0.206. The second-order valence-electron chi connectivity index (χ2n) is 12.1. The highest BCUT2D eigenvalue weighted by Gasteiger charge is 2.39. The first-order valence-corrected chi connectivity index (χ1v) is 17.4. The van der Waals surface area contributed by atoms with Gasteiger partial charge in [-0.3, -0.25) is 0 Å². The summed E-state index contributed by atoms with van der Waals surface area (Å²) in [6.07, 6.45) is 3.07. The lowest BCUT2D eigenvalue weighted by atomic mass is 9.89. The number of aliphatic hydroxyl groups is 1. The van der Waals surface area contributed by atoms with Gasteiger partial charge in [-0.15, -0.1) is 0 Å². The topological polar surface area (TPSA) is 88.1 Å². The molecule has 0 bridgehead atoms. The first-order valence-electron chi connectivity index (χ1n) is 15.9. The zero-order valence-electron chi connectivity index (χ0n) is 25.7. The molecule has 0 saturated carbocycles. The first-order chi connectivity index (χ1) is 21.9. The van der Waals surface area contributed by atoms with Crippen molar-refractivity contribution < 1.29 is 23.0 Å². The summed E-state index contributed by atoms with van der Waals surface area (Å²) >= 11 is 0. The van der Waals surface area contributed by atoms with Gasteiger partial charge in [-0.1, -0.05) is 104 Å². The van der Waals surface area contributed by atoms with Crippen LogP contribution in [0, 0.1) is 5.92 Å². The number of rotatable bonds is 10. The Balaban J connectivity index is 1.22. The van der Waals surface area contributed by atoms with Crippen LogP contribution >= 0.6 is 0 Å². The molecule has 0 aliphatic carbocycles. The van der Waals surface area contributed by atoms with Crippen LogP contribution < -0.4 is 4.72 Å². The van der Waals surface area contributed by atoms with Gasteiger partial charge in [0.25, 0.3) is 0 Å². The highest BCUT2D eigenvalue weighted by molar-refractivity contribution is 7.89. The molecule has 0 spiro atoms. The lowest BCUT2D eigenvalue weighted by Gasteiger charge is -2.43. The number of likely N-dealkylation sites (tertiary alicyclic amines) is 1. The van der Waals surface area contributed by atoms with Crippen molar-refractivity contribution in [1.29, 1.82) is 0 Å². The van der Waals surface area contributed by atoms with E-state index in [0.717, 1.165) is 53.0 Å². The monoisotopic (exact) mass is 626 g/mol. The van der Waals surface area contributed by atoms with E-state index in [4.69, 9.17) is 9.47 Å². The van der Waals surface area contributed by atoms with E-state index < -0.39 is 16.3 Å². The molecule has 2 N–H and O–H groups in total. The van der Waals surface area contributed by atoms with Gasteiger partial charge >= 0.3 is 0 Å². The normalized spacial score (nSPS) is 22.7. The maximum absolute atomic E-state index is 12.9. The minimum Gasteiger partial charge on any atom is -0.392 e. The second-order valence-corrected chi connectivity index (χ2v) is 13.9. The average molecular weight is 627 g/mol. The molecular formula is C37H42N2O5S. The number of hydrogen-bond acceptors (Lipinski definition) is 6. The fourth-order valence-electron chi connectivity index (χ4n) is 6.36. The van der Waals surface area contributed by atoms with E-state index in [2.05, 4.69) is 40.8 Å². The standard InChI is InChI=1S/C37H42N2O5S/c1-27-35(25-39-22-8-3-9-23-39)43-37(44-36(27)30-16-14-28(26-40)15-17-30)31-20-18-29(19-21-31)34-13-7-6-10-32(34)24-38-45(41,42)33-11-4-2-5-12-33/h2,4-7,10-21,27,35-38,40H,3,8-9,22-26H2,1H3/t27-,35+,36+,37+/m0/s1. The third kappa shape index (κ3) is 7.55.